The van der Waals surface area contributed by atoms with Gasteiger partial charge in [0.2, 0.25) is 15.9 Å². The molecule has 0 heterocycles. The van der Waals surface area contributed by atoms with Gasteiger partial charge in [-0.2, -0.15) is 0 Å². The van der Waals surface area contributed by atoms with Crippen molar-refractivity contribution in [1.82, 2.24) is 5.32 Å². The number of benzene rings is 2. The molecule has 2 aromatic carbocycles. The molecule has 0 aliphatic carbocycles. The van der Waals surface area contributed by atoms with Crippen molar-refractivity contribution < 1.29 is 14.5 Å². The summed E-state index contributed by atoms with van der Waals surface area (Å²) in [6.45, 7) is 0. The molecule has 0 radical (unpaired) electrons. The topological polar surface area (TPSA) is 81.5 Å². The lowest BCUT2D eigenvalue weighted by atomic mass is 10.1. The molecule has 2 aromatic rings. The van der Waals surface area contributed by atoms with Crippen LogP contribution >= 0.6 is 34.8 Å². The molecule has 6 nitrogen and oxygen atoms in total. The van der Waals surface area contributed by atoms with Gasteiger partial charge in [0, 0.05) is 12.1 Å². The zero-order valence-corrected chi connectivity index (χ0v) is 15.0. The van der Waals surface area contributed by atoms with Crippen LogP contribution in [-0.2, 0) is 11.2 Å². The third-order valence-corrected chi connectivity index (χ3v) is 3.69. The highest BCUT2D eigenvalue weighted by atomic mass is 35.6. The van der Waals surface area contributed by atoms with Crippen LogP contribution < -0.4 is 10.1 Å². The lowest BCUT2D eigenvalue weighted by Gasteiger charge is -2.26. The van der Waals surface area contributed by atoms with Crippen molar-refractivity contribution in [3.05, 3.63) is 70.3 Å². The maximum absolute atomic E-state index is 12.1. The number of alkyl halides is 3. The Kier molecular flexibility index (Phi) is 6.47. The number of carbonyl (C=O) groups is 1. The first-order chi connectivity index (χ1) is 11.8. The van der Waals surface area contributed by atoms with E-state index in [0.29, 0.717) is 0 Å². The fraction of sp³-hybridized carbons (Fsp3) is 0.188. The van der Waals surface area contributed by atoms with E-state index in [1.54, 1.807) is 12.1 Å². The van der Waals surface area contributed by atoms with Crippen molar-refractivity contribution in [2.75, 3.05) is 0 Å². The van der Waals surface area contributed by atoms with E-state index in [2.05, 4.69) is 5.32 Å². The average molecular weight is 404 g/mol. The summed E-state index contributed by atoms with van der Waals surface area (Å²) in [5, 5.41) is 13.2. The molecule has 0 spiro atoms. The van der Waals surface area contributed by atoms with E-state index in [4.69, 9.17) is 39.5 Å². The normalized spacial score (nSPS) is 12.3. The van der Waals surface area contributed by atoms with Gasteiger partial charge in [0.15, 0.2) is 0 Å². The van der Waals surface area contributed by atoms with Crippen LogP contribution in [0, 0.1) is 10.1 Å². The first kappa shape index (κ1) is 19.3. The SMILES string of the molecule is O=C(Cc1ccccc1)N[C@H](Oc1ccc([N+](=O)[O-])cc1)C(Cl)(Cl)Cl. The molecule has 0 saturated carbocycles. The molecule has 0 aliphatic rings. The monoisotopic (exact) mass is 402 g/mol. The van der Waals surface area contributed by atoms with Gasteiger partial charge in [0.05, 0.1) is 11.3 Å². The molecule has 0 aromatic heterocycles. The molecule has 0 unspecified atom stereocenters. The summed E-state index contributed by atoms with van der Waals surface area (Å²) in [6, 6.07) is 14.2. The highest BCUT2D eigenvalue weighted by molar-refractivity contribution is 6.68. The number of hydrogen-bond donors (Lipinski definition) is 1. The highest BCUT2D eigenvalue weighted by Crippen LogP contribution is 2.32. The van der Waals surface area contributed by atoms with Crippen LogP contribution in [0.2, 0.25) is 0 Å². The van der Waals surface area contributed by atoms with E-state index >= 15 is 0 Å². The van der Waals surface area contributed by atoms with Crippen LogP contribution in [0.3, 0.4) is 0 Å². The number of rotatable bonds is 6. The quantitative estimate of drug-likeness (QED) is 0.342. The smallest absolute Gasteiger partial charge is 0.269 e. The van der Waals surface area contributed by atoms with Gasteiger partial charge >= 0.3 is 0 Å². The summed E-state index contributed by atoms with van der Waals surface area (Å²) in [4.78, 5) is 22.3. The van der Waals surface area contributed by atoms with Gasteiger partial charge in [0.25, 0.3) is 5.69 Å². The molecule has 1 amide bonds. The first-order valence-corrected chi connectivity index (χ1v) is 8.20. The number of nitro groups is 1. The van der Waals surface area contributed by atoms with E-state index in [0.717, 1.165) is 5.56 Å². The van der Waals surface area contributed by atoms with Gasteiger partial charge in [-0.05, 0) is 17.7 Å². The van der Waals surface area contributed by atoms with Crippen molar-refractivity contribution in [2.24, 2.45) is 0 Å². The molecule has 25 heavy (non-hydrogen) atoms. The number of nitro benzene ring substituents is 1. The lowest BCUT2D eigenvalue weighted by molar-refractivity contribution is -0.384. The Bertz CT molecular complexity index is 733. The Morgan fingerprint density at radius 3 is 2.24 bits per heavy atom. The van der Waals surface area contributed by atoms with E-state index in [-0.39, 0.29) is 17.9 Å². The minimum atomic E-state index is -1.94. The molecule has 0 aliphatic heterocycles. The van der Waals surface area contributed by atoms with Crippen LogP contribution in [0.5, 0.6) is 5.75 Å². The summed E-state index contributed by atoms with van der Waals surface area (Å²) >= 11 is 17.6. The maximum atomic E-state index is 12.1. The zero-order valence-electron chi connectivity index (χ0n) is 12.7. The van der Waals surface area contributed by atoms with Gasteiger partial charge in [-0.1, -0.05) is 65.1 Å². The summed E-state index contributed by atoms with van der Waals surface area (Å²) < 4.78 is 3.54. The van der Waals surface area contributed by atoms with Crippen LogP contribution in [0.1, 0.15) is 5.56 Å². The van der Waals surface area contributed by atoms with Gasteiger partial charge in [0.1, 0.15) is 5.75 Å². The fourth-order valence-corrected chi connectivity index (χ4v) is 2.24. The molecular formula is C16H13Cl3N2O4. The van der Waals surface area contributed by atoms with E-state index in [1.165, 1.54) is 24.3 Å². The number of halogens is 3. The Morgan fingerprint density at radius 1 is 1.12 bits per heavy atom. The number of carbonyl (C=O) groups excluding carboxylic acids is 1. The van der Waals surface area contributed by atoms with Crippen molar-refractivity contribution in [1.29, 1.82) is 0 Å². The second-order valence-corrected chi connectivity index (χ2v) is 7.39. The number of nitrogens with zero attached hydrogens (tertiary/aromatic N) is 1. The Hall–Kier alpha value is -2.02. The third-order valence-electron chi connectivity index (χ3n) is 3.10. The lowest BCUT2D eigenvalue weighted by Crippen LogP contribution is -2.48. The number of ether oxygens (including phenoxy) is 1. The number of nitrogens with one attached hydrogen (secondary N) is 1. The maximum Gasteiger partial charge on any atom is 0.269 e. The fourth-order valence-electron chi connectivity index (χ4n) is 1.94. The van der Waals surface area contributed by atoms with Gasteiger partial charge < -0.3 is 10.1 Å². The van der Waals surface area contributed by atoms with Crippen molar-refractivity contribution in [3.8, 4) is 5.75 Å². The van der Waals surface area contributed by atoms with Gasteiger partial charge in [-0.25, -0.2) is 0 Å². The van der Waals surface area contributed by atoms with Gasteiger partial charge in [-0.15, -0.1) is 0 Å². The number of amides is 1. The molecule has 0 bridgehead atoms. The van der Waals surface area contributed by atoms with Crippen molar-refractivity contribution >= 4 is 46.4 Å². The summed E-state index contributed by atoms with van der Waals surface area (Å²) in [5.74, 6) is -0.189. The summed E-state index contributed by atoms with van der Waals surface area (Å²) in [5.41, 5.74) is 0.685. The highest BCUT2D eigenvalue weighted by Gasteiger charge is 2.36. The predicted molar refractivity (Wildman–Crippen MR) is 96.1 cm³/mol. The largest absolute Gasteiger partial charge is 0.466 e. The molecule has 132 valence electrons. The molecular weight excluding hydrogens is 391 g/mol. The standard InChI is InChI=1S/C16H13Cl3N2O4/c17-16(18,19)15(20-14(22)10-11-4-2-1-3-5-11)25-13-8-6-12(7-9-13)21(23)24/h1-9,15H,10H2,(H,20,22)/t15-/m1/s1. The Morgan fingerprint density at radius 2 is 1.72 bits per heavy atom. The molecule has 0 fully saturated rings. The molecule has 0 saturated heterocycles. The van der Waals surface area contributed by atoms with E-state index in [1.807, 2.05) is 18.2 Å². The van der Waals surface area contributed by atoms with Crippen molar-refractivity contribution in [3.63, 3.8) is 0 Å². The van der Waals surface area contributed by atoms with Crippen LogP contribution in [0.4, 0.5) is 5.69 Å². The Labute approximate surface area is 158 Å². The summed E-state index contributed by atoms with van der Waals surface area (Å²) in [7, 11) is 0. The first-order valence-electron chi connectivity index (χ1n) is 7.07. The minimum absolute atomic E-state index is 0.0850. The van der Waals surface area contributed by atoms with Crippen LogP contribution in [0.15, 0.2) is 54.6 Å². The van der Waals surface area contributed by atoms with Crippen LogP contribution in [0.25, 0.3) is 0 Å². The van der Waals surface area contributed by atoms with Crippen molar-refractivity contribution in [2.45, 2.75) is 16.4 Å². The van der Waals surface area contributed by atoms with E-state index < -0.39 is 20.9 Å². The number of hydrogen-bond acceptors (Lipinski definition) is 4. The number of non-ortho nitro benzene ring substituents is 1. The van der Waals surface area contributed by atoms with Gasteiger partial charge in [-0.3, -0.25) is 14.9 Å². The predicted octanol–water partition coefficient (Wildman–Crippen LogP) is 4.03. The molecule has 1 atom stereocenters. The zero-order chi connectivity index (χ0) is 18.4. The second kappa shape index (κ2) is 8.38. The molecule has 9 heteroatoms. The summed E-state index contributed by atoms with van der Waals surface area (Å²) in [6.07, 6.45) is -1.18. The molecule has 2 rings (SSSR count). The third kappa shape index (κ3) is 6.08. The second-order valence-electron chi connectivity index (χ2n) is 5.02. The average Bonchev–Trinajstić information content (AvgIpc) is 2.54. The Balaban J connectivity index is 2.06. The van der Waals surface area contributed by atoms with E-state index in [9.17, 15) is 14.9 Å². The minimum Gasteiger partial charge on any atom is -0.466 e. The molecule has 1 N–H and O–H groups in total. The van der Waals surface area contributed by atoms with Crippen LogP contribution in [-0.4, -0.2) is 20.9 Å².